The molecular formula is C50H56N4O8S8. The summed E-state index contributed by atoms with van der Waals surface area (Å²) in [5.41, 5.74) is 3.96. The van der Waals surface area contributed by atoms with Crippen LogP contribution in [0.2, 0.25) is 0 Å². The first kappa shape index (κ1) is 55.3. The van der Waals surface area contributed by atoms with Crippen LogP contribution in [0.3, 0.4) is 0 Å². The number of thioether (sulfide) groups is 8. The first-order valence-corrected chi connectivity index (χ1v) is 29.6. The Balaban J connectivity index is 1.06. The van der Waals surface area contributed by atoms with Gasteiger partial charge in [0.2, 0.25) is 0 Å². The summed E-state index contributed by atoms with van der Waals surface area (Å²) in [6, 6.07) is 38.1. The van der Waals surface area contributed by atoms with E-state index >= 15 is 0 Å². The largest absolute Gasteiger partial charge is 0.449 e. The van der Waals surface area contributed by atoms with E-state index in [1.807, 2.05) is 149 Å². The molecule has 2 aliphatic rings. The highest BCUT2D eigenvalue weighted by Crippen LogP contribution is 2.66. The van der Waals surface area contributed by atoms with Crippen LogP contribution in [-0.2, 0) is 18.9 Å². The van der Waals surface area contributed by atoms with Crippen LogP contribution in [-0.4, -0.2) is 73.8 Å². The van der Waals surface area contributed by atoms with Crippen molar-refractivity contribution in [3.8, 4) is 0 Å². The third-order valence-electron chi connectivity index (χ3n) is 9.98. The summed E-state index contributed by atoms with van der Waals surface area (Å²) in [5.74, 6) is 2.15. The van der Waals surface area contributed by atoms with Gasteiger partial charge in [-0.2, -0.15) is 0 Å². The van der Waals surface area contributed by atoms with Crippen molar-refractivity contribution < 1.29 is 38.1 Å². The Kier molecular flexibility index (Phi) is 23.8. The SMILES string of the molecule is C[C@@H](NC(=O)OCCSC1=C(SCCOC(=O)N[C@H](C)c2ccccc2)SC(=C2SC(SCCOC(=O)N[C@H](C)c3ccccc3)=C(SCCOC(=O)N[C@H](C)c3ccccc3)S2)S1)c1ccccc1. The molecule has 0 fully saturated rings. The Morgan fingerprint density at radius 2 is 0.571 bits per heavy atom. The normalized spacial score (nSPS) is 15.1. The molecule has 6 rings (SSSR count). The molecule has 0 unspecified atom stereocenters. The molecule has 4 amide bonds. The number of carbonyl (C=O) groups excluding carboxylic acids is 4. The van der Waals surface area contributed by atoms with Gasteiger partial charge in [0.25, 0.3) is 0 Å². The number of hydrogen-bond donors (Lipinski definition) is 4. The van der Waals surface area contributed by atoms with Gasteiger partial charge in [-0.25, -0.2) is 19.2 Å². The van der Waals surface area contributed by atoms with Crippen molar-refractivity contribution in [1.82, 2.24) is 21.3 Å². The van der Waals surface area contributed by atoms with Crippen molar-refractivity contribution >= 4 is 118 Å². The van der Waals surface area contributed by atoms with E-state index in [1.165, 1.54) is 0 Å². The molecule has 0 saturated carbocycles. The molecule has 2 heterocycles. The fourth-order valence-electron chi connectivity index (χ4n) is 6.31. The van der Waals surface area contributed by atoms with Crippen molar-refractivity contribution in [2.24, 2.45) is 0 Å². The number of ether oxygens (including phenoxy) is 4. The lowest BCUT2D eigenvalue weighted by Gasteiger charge is -2.14. The molecule has 0 radical (unpaired) electrons. The van der Waals surface area contributed by atoms with Crippen LogP contribution in [0.5, 0.6) is 0 Å². The van der Waals surface area contributed by atoms with Gasteiger partial charge < -0.3 is 40.2 Å². The summed E-state index contributed by atoms with van der Waals surface area (Å²) >= 11 is 13.2. The number of benzene rings is 4. The maximum atomic E-state index is 12.7. The number of rotatable bonds is 24. The van der Waals surface area contributed by atoms with Gasteiger partial charge >= 0.3 is 24.4 Å². The predicted molar refractivity (Wildman–Crippen MR) is 299 cm³/mol. The smallest absolute Gasteiger partial charge is 0.407 e. The molecule has 4 atom stereocenters. The molecule has 2 aliphatic heterocycles. The summed E-state index contributed by atoms with van der Waals surface area (Å²) in [5, 5.41) is 11.6. The quantitative estimate of drug-likeness (QED) is 0.0388. The van der Waals surface area contributed by atoms with Gasteiger partial charge in [-0.05, 0) is 49.9 Å². The van der Waals surface area contributed by atoms with Crippen LogP contribution >= 0.6 is 94.1 Å². The average Bonchev–Trinajstić information content (AvgIpc) is 3.98. The second-order valence-corrected chi connectivity index (χ2v) is 25.2. The van der Waals surface area contributed by atoms with Crippen LogP contribution in [0.1, 0.15) is 74.1 Å². The molecule has 0 spiro atoms. The molecule has 4 aromatic carbocycles. The molecule has 0 aliphatic carbocycles. The molecule has 12 nitrogen and oxygen atoms in total. The summed E-state index contributed by atoms with van der Waals surface area (Å²) in [4.78, 5) is 50.8. The van der Waals surface area contributed by atoms with Crippen LogP contribution < -0.4 is 21.3 Å². The van der Waals surface area contributed by atoms with Gasteiger partial charge in [-0.15, -0.1) is 47.0 Å². The van der Waals surface area contributed by atoms with Gasteiger partial charge in [0, 0.05) is 23.0 Å². The van der Waals surface area contributed by atoms with Crippen LogP contribution in [0, 0.1) is 0 Å². The van der Waals surface area contributed by atoms with Gasteiger partial charge in [-0.3, -0.25) is 0 Å². The van der Waals surface area contributed by atoms with E-state index in [0.717, 1.165) is 47.7 Å². The molecular weight excluding hydrogens is 1040 g/mol. The van der Waals surface area contributed by atoms with Gasteiger partial charge in [-0.1, -0.05) is 168 Å². The maximum Gasteiger partial charge on any atom is 0.407 e. The van der Waals surface area contributed by atoms with E-state index in [2.05, 4.69) is 21.3 Å². The third-order valence-corrected chi connectivity index (χ3v) is 21.4. The summed E-state index contributed by atoms with van der Waals surface area (Å²) in [6.07, 6.45) is -1.91. The first-order chi connectivity index (χ1) is 34.0. The topological polar surface area (TPSA) is 153 Å². The second-order valence-electron chi connectivity index (χ2n) is 15.2. The van der Waals surface area contributed by atoms with Gasteiger partial charge in [0.05, 0.1) is 49.6 Å². The van der Waals surface area contributed by atoms with Crippen molar-refractivity contribution in [3.63, 3.8) is 0 Å². The van der Waals surface area contributed by atoms with E-state index in [4.69, 9.17) is 18.9 Å². The summed E-state index contributed by atoms with van der Waals surface area (Å²) < 4.78 is 28.9. The standard InChI is InChI=1S/C50H56N4O8S8/c1-33(37-17-9-5-10-18-37)51-47(55)59-25-29-63-41-42(64-30-26-60-48(56)52-34(2)38-19-11-6-12-20-38)68-45(67-41)46-69-43(65-31-27-61-49(57)53-35(3)39-21-13-7-14-22-39)44(70-46)66-32-28-62-50(58)54-36(4)40-23-15-8-16-24-40/h5-24,33-36H,25-32H2,1-4H3,(H,51,55)(H,52,56)(H,53,57)(H,54,58)/t33-,34-,35-,36-/m1/s1. The molecule has 70 heavy (non-hydrogen) atoms. The zero-order chi connectivity index (χ0) is 49.5. The van der Waals surface area contributed by atoms with Crippen molar-refractivity contribution in [2.75, 3.05) is 49.4 Å². The van der Waals surface area contributed by atoms with Gasteiger partial charge in [0.1, 0.15) is 26.4 Å². The summed E-state index contributed by atoms with van der Waals surface area (Å²) in [7, 11) is 0. The lowest BCUT2D eigenvalue weighted by Crippen LogP contribution is -2.28. The molecule has 372 valence electrons. The van der Waals surface area contributed by atoms with Crippen LogP contribution in [0.15, 0.2) is 147 Å². The highest BCUT2D eigenvalue weighted by molar-refractivity contribution is 8.45. The predicted octanol–water partition coefficient (Wildman–Crippen LogP) is 14.2. The molecule has 0 aromatic heterocycles. The highest BCUT2D eigenvalue weighted by Gasteiger charge is 2.31. The van der Waals surface area contributed by atoms with Gasteiger partial charge in [0.15, 0.2) is 0 Å². The van der Waals surface area contributed by atoms with E-state index in [9.17, 15) is 19.2 Å². The average molecular weight is 1100 g/mol. The lowest BCUT2D eigenvalue weighted by atomic mass is 10.1. The number of hydrogen-bond acceptors (Lipinski definition) is 16. The fraction of sp³-hybridized carbons (Fsp3) is 0.320. The molecule has 0 bridgehead atoms. The lowest BCUT2D eigenvalue weighted by molar-refractivity contribution is 0.149. The highest BCUT2D eigenvalue weighted by atomic mass is 32.3. The third kappa shape index (κ3) is 18.9. The van der Waals surface area contributed by atoms with Crippen LogP contribution in [0.25, 0.3) is 0 Å². The number of nitrogens with one attached hydrogen (secondary N) is 4. The molecule has 4 N–H and O–H groups in total. The molecule has 20 heteroatoms. The minimum atomic E-state index is -0.478. The Hall–Kier alpha value is -4.02. The number of alkyl carbamates (subject to hydrolysis) is 4. The first-order valence-electron chi connectivity index (χ1n) is 22.4. The van der Waals surface area contributed by atoms with E-state index < -0.39 is 24.4 Å². The number of carbonyl (C=O) groups is 4. The van der Waals surface area contributed by atoms with Crippen molar-refractivity contribution in [1.29, 1.82) is 0 Å². The van der Waals surface area contributed by atoms with Crippen molar-refractivity contribution in [3.05, 3.63) is 169 Å². The van der Waals surface area contributed by atoms with E-state index in [0.29, 0.717) is 23.0 Å². The Morgan fingerprint density at radius 3 is 0.771 bits per heavy atom. The van der Waals surface area contributed by atoms with E-state index in [1.54, 1.807) is 94.1 Å². The Bertz CT molecular complexity index is 2090. The zero-order valence-electron chi connectivity index (χ0n) is 39.0. The second kappa shape index (κ2) is 30.1. The minimum absolute atomic E-state index is 0.198. The Morgan fingerprint density at radius 1 is 0.371 bits per heavy atom. The molecule has 4 aromatic rings. The molecule has 0 saturated heterocycles. The fourth-order valence-corrected chi connectivity index (χ4v) is 17.9. The zero-order valence-corrected chi connectivity index (χ0v) is 45.6. The minimum Gasteiger partial charge on any atom is -0.449 e. The van der Waals surface area contributed by atoms with Crippen molar-refractivity contribution in [2.45, 2.75) is 51.9 Å². The maximum absolute atomic E-state index is 12.7. The van der Waals surface area contributed by atoms with E-state index in [-0.39, 0.29) is 50.6 Å². The number of amides is 4. The Labute approximate surface area is 444 Å². The summed E-state index contributed by atoms with van der Waals surface area (Å²) in [6.45, 7) is 8.52. The monoisotopic (exact) mass is 1100 g/mol. The van der Waals surface area contributed by atoms with Crippen LogP contribution in [0.4, 0.5) is 19.2 Å².